The summed E-state index contributed by atoms with van der Waals surface area (Å²) < 4.78 is 0. The Labute approximate surface area is 95.9 Å². The van der Waals surface area contributed by atoms with E-state index in [1.165, 1.54) is 6.42 Å². The van der Waals surface area contributed by atoms with Gasteiger partial charge in [-0.15, -0.1) is 0 Å². The maximum Gasteiger partial charge on any atom is 0.167 e. The molecule has 0 saturated heterocycles. The average molecular weight is 213 g/mol. The van der Waals surface area contributed by atoms with Gasteiger partial charge in [0.1, 0.15) is 0 Å². The van der Waals surface area contributed by atoms with Gasteiger partial charge in [0.25, 0.3) is 0 Å². The smallest absolute Gasteiger partial charge is 0.167 e. The minimum atomic E-state index is 0.142. The summed E-state index contributed by atoms with van der Waals surface area (Å²) in [5.41, 5.74) is 1.12. The van der Waals surface area contributed by atoms with Gasteiger partial charge in [-0.25, -0.2) is 0 Å². The number of hydrogen-bond acceptors (Lipinski definition) is 2. The first kappa shape index (κ1) is 10.9. The first-order chi connectivity index (χ1) is 7.83. The molecule has 0 aromatic heterocycles. The largest absolute Gasteiger partial charge is 0.294 e. The molecule has 1 aromatic rings. The lowest BCUT2D eigenvalue weighted by Crippen LogP contribution is -2.18. The summed E-state index contributed by atoms with van der Waals surface area (Å²) in [5, 5.41) is 8.96. The topological polar surface area (TPSA) is 40.9 Å². The molecule has 1 aliphatic carbocycles. The molecular formula is C14H15NO. The molecule has 0 aliphatic heterocycles. The van der Waals surface area contributed by atoms with E-state index in [4.69, 9.17) is 5.26 Å². The summed E-state index contributed by atoms with van der Waals surface area (Å²) in [5.74, 6) is 0.306. The van der Waals surface area contributed by atoms with Gasteiger partial charge in [-0.3, -0.25) is 4.79 Å². The second-order valence-electron chi connectivity index (χ2n) is 4.36. The molecule has 1 fully saturated rings. The highest BCUT2D eigenvalue weighted by Crippen LogP contribution is 2.27. The molecule has 1 aromatic carbocycles. The van der Waals surface area contributed by atoms with E-state index in [0.717, 1.165) is 25.7 Å². The number of hydrogen-bond donors (Lipinski definition) is 0. The predicted molar refractivity (Wildman–Crippen MR) is 62.1 cm³/mol. The van der Waals surface area contributed by atoms with Crippen molar-refractivity contribution in [3.05, 3.63) is 35.4 Å². The zero-order valence-corrected chi connectivity index (χ0v) is 9.28. The van der Waals surface area contributed by atoms with Crippen molar-refractivity contribution in [2.75, 3.05) is 0 Å². The van der Waals surface area contributed by atoms with E-state index in [1.807, 2.05) is 6.07 Å². The van der Waals surface area contributed by atoms with Gasteiger partial charge in [-0.1, -0.05) is 37.5 Å². The molecule has 0 heterocycles. The zero-order valence-electron chi connectivity index (χ0n) is 9.28. The Morgan fingerprint density at radius 1 is 1.19 bits per heavy atom. The van der Waals surface area contributed by atoms with Gasteiger partial charge in [0.15, 0.2) is 5.78 Å². The van der Waals surface area contributed by atoms with Crippen molar-refractivity contribution in [2.45, 2.75) is 32.1 Å². The van der Waals surface area contributed by atoms with E-state index in [0.29, 0.717) is 11.1 Å². The Hall–Kier alpha value is -1.62. The summed E-state index contributed by atoms with van der Waals surface area (Å²) in [6, 6.07) is 9.22. The standard InChI is InChI=1S/C14H15NO/c15-10-12-8-4-5-9-13(12)14(16)11-6-2-1-3-7-11/h4-5,8-9,11H,1-3,6-7H2. The fraction of sp³-hybridized carbons (Fsp3) is 0.429. The van der Waals surface area contributed by atoms with Crippen LogP contribution < -0.4 is 0 Å². The van der Waals surface area contributed by atoms with Crippen LogP contribution in [-0.4, -0.2) is 5.78 Å². The number of carbonyl (C=O) groups is 1. The van der Waals surface area contributed by atoms with Crippen molar-refractivity contribution in [1.82, 2.24) is 0 Å². The van der Waals surface area contributed by atoms with Crippen molar-refractivity contribution in [2.24, 2.45) is 5.92 Å². The van der Waals surface area contributed by atoms with Crippen LogP contribution in [0.2, 0.25) is 0 Å². The lowest BCUT2D eigenvalue weighted by atomic mass is 9.83. The number of carbonyl (C=O) groups excluding carboxylic acids is 1. The van der Waals surface area contributed by atoms with E-state index in [-0.39, 0.29) is 11.7 Å². The van der Waals surface area contributed by atoms with Crippen molar-refractivity contribution in [3.8, 4) is 6.07 Å². The molecule has 0 bridgehead atoms. The quantitative estimate of drug-likeness (QED) is 0.707. The third-order valence-corrected chi connectivity index (χ3v) is 3.29. The van der Waals surface area contributed by atoms with Crippen LogP contribution in [0.5, 0.6) is 0 Å². The Kier molecular flexibility index (Phi) is 3.36. The Bertz CT molecular complexity index is 425. The van der Waals surface area contributed by atoms with Crippen molar-refractivity contribution in [1.29, 1.82) is 5.26 Å². The molecule has 0 radical (unpaired) electrons. The van der Waals surface area contributed by atoms with Gasteiger partial charge >= 0.3 is 0 Å². The highest BCUT2D eigenvalue weighted by molar-refractivity contribution is 6.00. The SMILES string of the molecule is N#Cc1ccccc1C(=O)C1CCCCC1. The normalized spacial score (nSPS) is 16.7. The van der Waals surface area contributed by atoms with E-state index < -0.39 is 0 Å². The van der Waals surface area contributed by atoms with Crippen LogP contribution in [-0.2, 0) is 0 Å². The lowest BCUT2D eigenvalue weighted by molar-refractivity contribution is 0.0889. The highest BCUT2D eigenvalue weighted by atomic mass is 16.1. The zero-order chi connectivity index (χ0) is 11.4. The summed E-state index contributed by atoms with van der Waals surface area (Å²) in [4.78, 5) is 12.2. The predicted octanol–water partition coefficient (Wildman–Crippen LogP) is 3.32. The summed E-state index contributed by atoms with van der Waals surface area (Å²) in [7, 11) is 0. The highest BCUT2D eigenvalue weighted by Gasteiger charge is 2.23. The maximum absolute atomic E-state index is 12.2. The Morgan fingerprint density at radius 3 is 2.56 bits per heavy atom. The van der Waals surface area contributed by atoms with Crippen molar-refractivity contribution >= 4 is 5.78 Å². The van der Waals surface area contributed by atoms with Crippen LogP contribution in [0.25, 0.3) is 0 Å². The lowest BCUT2D eigenvalue weighted by Gasteiger charge is -2.20. The fourth-order valence-corrected chi connectivity index (χ4v) is 2.38. The second kappa shape index (κ2) is 4.94. The summed E-state index contributed by atoms with van der Waals surface area (Å²) in [6.07, 6.45) is 5.50. The van der Waals surface area contributed by atoms with Crippen LogP contribution in [0.3, 0.4) is 0 Å². The molecule has 16 heavy (non-hydrogen) atoms. The molecule has 82 valence electrons. The van der Waals surface area contributed by atoms with E-state index in [2.05, 4.69) is 6.07 Å². The molecule has 1 aliphatic rings. The Balaban J connectivity index is 2.23. The first-order valence-electron chi connectivity index (χ1n) is 5.86. The minimum absolute atomic E-state index is 0.142. The monoisotopic (exact) mass is 213 g/mol. The van der Waals surface area contributed by atoms with Crippen molar-refractivity contribution < 1.29 is 4.79 Å². The van der Waals surface area contributed by atoms with Crippen molar-refractivity contribution in [3.63, 3.8) is 0 Å². The average Bonchev–Trinajstić information content (AvgIpc) is 2.39. The maximum atomic E-state index is 12.2. The van der Waals surface area contributed by atoms with Crippen LogP contribution in [0.1, 0.15) is 48.0 Å². The molecule has 2 rings (SSSR count). The summed E-state index contributed by atoms with van der Waals surface area (Å²) in [6.45, 7) is 0. The van der Waals surface area contributed by atoms with Gasteiger partial charge in [0, 0.05) is 11.5 Å². The fourth-order valence-electron chi connectivity index (χ4n) is 2.38. The minimum Gasteiger partial charge on any atom is -0.294 e. The molecule has 2 heteroatoms. The first-order valence-corrected chi connectivity index (χ1v) is 5.86. The Morgan fingerprint density at radius 2 is 1.88 bits per heavy atom. The number of ketones is 1. The van der Waals surface area contributed by atoms with Gasteiger partial charge < -0.3 is 0 Å². The number of nitrogens with zero attached hydrogens (tertiary/aromatic N) is 1. The number of nitriles is 1. The van der Waals surface area contributed by atoms with Gasteiger partial charge in [0.05, 0.1) is 11.6 Å². The molecule has 2 nitrogen and oxygen atoms in total. The van der Waals surface area contributed by atoms with Gasteiger partial charge in [0.2, 0.25) is 0 Å². The van der Waals surface area contributed by atoms with Crippen LogP contribution in [0.15, 0.2) is 24.3 Å². The van der Waals surface area contributed by atoms with Crippen LogP contribution in [0, 0.1) is 17.2 Å². The molecule has 0 N–H and O–H groups in total. The number of rotatable bonds is 2. The molecule has 0 atom stereocenters. The third-order valence-electron chi connectivity index (χ3n) is 3.29. The van der Waals surface area contributed by atoms with Crippen LogP contribution in [0.4, 0.5) is 0 Å². The third kappa shape index (κ3) is 2.14. The number of benzene rings is 1. The molecule has 0 unspecified atom stereocenters. The van der Waals surface area contributed by atoms with Gasteiger partial charge in [-0.05, 0) is 18.9 Å². The van der Waals surface area contributed by atoms with Gasteiger partial charge in [-0.2, -0.15) is 5.26 Å². The van der Waals surface area contributed by atoms with E-state index in [1.54, 1.807) is 18.2 Å². The number of Topliss-reactive ketones (excluding diaryl/α,β-unsaturated/α-hetero) is 1. The molecular weight excluding hydrogens is 198 g/mol. The summed E-state index contributed by atoms with van der Waals surface area (Å²) >= 11 is 0. The van der Waals surface area contributed by atoms with Crippen LogP contribution >= 0.6 is 0 Å². The molecule has 0 amide bonds. The van der Waals surface area contributed by atoms with E-state index in [9.17, 15) is 4.79 Å². The molecule has 1 saturated carbocycles. The van der Waals surface area contributed by atoms with E-state index >= 15 is 0 Å². The molecule has 0 spiro atoms. The second-order valence-corrected chi connectivity index (χ2v) is 4.36.